The minimum absolute atomic E-state index is 0.118. The number of hydrogen-bond acceptors (Lipinski definition) is 3. The number of nitrogen functional groups attached to an aromatic ring is 1. The highest BCUT2D eigenvalue weighted by Crippen LogP contribution is 2.17. The summed E-state index contributed by atoms with van der Waals surface area (Å²) >= 11 is 7.23. The Morgan fingerprint density at radius 1 is 1.56 bits per heavy atom. The molecule has 2 N–H and O–H groups in total. The zero-order chi connectivity index (χ0) is 12.0. The Balaban J connectivity index is 2.53. The van der Waals surface area contributed by atoms with E-state index >= 15 is 0 Å². The molecule has 0 aliphatic rings. The number of thioether (sulfide) groups is 1. The van der Waals surface area contributed by atoms with E-state index in [1.54, 1.807) is 25.1 Å². The quantitative estimate of drug-likeness (QED) is 0.501. The first-order valence-corrected chi connectivity index (χ1v) is 6.13. The molecule has 84 valence electrons. The molecular weight excluding hydrogens is 242 g/mol. The molecule has 0 saturated carbocycles. The van der Waals surface area contributed by atoms with Gasteiger partial charge in [-0.15, -0.1) is 0 Å². The van der Waals surface area contributed by atoms with Gasteiger partial charge in [0, 0.05) is 30.3 Å². The van der Waals surface area contributed by atoms with Crippen molar-refractivity contribution in [2.75, 3.05) is 11.5 Å². The van der Waals surface area contributed by atoms with Crippen LogP contribution in [0, 0.1) is 11.8 Å². The molecule has 1 aromatic rings. The number of benzene rings is 1. The van der Waals surface area contributed by atoms with Gasteiger partial charge < -0.3 is 5.73 Å². The lowest BCUT2D eigenvalue weighted by molar-refractivity contribution is -0.109. The van der Waals surface area contributed by atoms with Crippen LogP contribution in [0.4, 0.5) is 5.69 Å². The van der Waals surface area contributed by atoms with E-state index in [1.165, 1.54) is 11.8 Å². The van der Waals surface area contributed by atoms with Crippen molar-refractivity contribution in [3.8, 4) is 11.8 Å². The molecule has 1 rings (SSSR count). The lowest BCUT2D eigenvalue weighted by Gasteiger charge is -1.96. The first-order chi connectivity index (χ1) is 7.59. The Morgan fingerprint density at radius 2 is 2.31 bits per heavy atom. The van der Waals surface area contributed by atoms with Crippen LogP contribution in [0.25, 0.3) is 0 Å². The van der Waals surface area contributed by atoms with Crippen molar-refractivity contribution >= 4 is 34.2 Å². The molecule has 0 aliphatic carbocycles. The van der Waals surface area contributed by atoms with Crippen LogP contribution >= 0.6 is 23.4 Å². The fourth-order valence-corrected chi connectivity index (χ4v) is 1.76. The molecule has 4 heteroatoms. The molecule has 0 spiro atoms. The lowest BCUT2D eigenvalue weighted by Crippen LogP contribution is -1.86. The first kappa shape index (κ1) is 13.0. The van der Waals surface area contributed by atoms with Crippen molar-refractivity contribution < 1.29 is 4.79 Å². The molecule has 0 fully saturated rings. The van der Waals surface area contributed by atoms with Crippen LogP contribution in [0.1, 0.15) is 18.9 Å². The Kier molecular flexibility index (Phi) is 5.24. The minimum Gasteiger partial charge on any atom is -0.399 e. The SMILES string of the molecule is CC(=O)SCCC#Cc1ccc(N)cc1Cl. The van der Waals surface area contributed by atoms with Gasteiger partial charge in [0.2, 0.25) is 0 Å². The van der Waals surface area contributed by atoms with Gasteiger partial charge >= 0.3 is 0 Å². The van der Waals surface area contributed by atoms with Crippen LogP contribution in [0.3, 0.4) is 0 Å². The van der Waals surface area contributed by atoms with E-state index in [4.69, 9.17) is 17.3 Å². The number of carbonyl (C=O) groups excluding carboxylic acids is 1. The molecule has 0 radical (unpaired) electrons. The summed E-state index contributed by atoms with van der Waals surface area (Å²) in [6.07, 6.45) is 0.672. The zero-order valence-corrected chi connectivity index (χ0v) is 10.5. The lowest BCUT2D eigenvalue weighted by atomic mass is 10.2. The van der Waals surface area contributed by atoms with Gasteiger partial charge in [-0.3, -0.25) is 4.79 Å². The van der Waals surface area contributed by atoms with Gasteiger partial charge in [0.15, 0.2) is 5.12 Å². The van der Waals surface area contributed by atoms with Crippen molar-refractivity contribution in [1.29, 1.82) is 0 Å². The molecular formula is C12H12ClNOS. The van der Waals surface area contributed by atoms with Gasteiger partial charge in [-0.25, -0.2) is 0 Å². The molecule has 0 bridgehead atoms. The summed E-state index contributed by atoms with van der Waals surface area (Å²) in [6.45, 7) is 1.55. The summed E-state index contributed by atoms with van der Waals surface area (Å²) in [4.78, 5) is 10.6. The van der Waals surface area contributed by atoms with Gasteiger partial charge in [-0.1, -0.05) is 35.2 Å². The maximum Gasteiger partial charge on any atom is 0.185 e. The summed E-state index contributed by atoms with van der Waals surface area (Å²) in [5, 5.41) is 0.680. The zero-order valence-electron chi connectivity index (χ0n) is 8.92. The van der Waals surface area contributed by atoms with Crippen molar-refractivity contribution in [3.05, 3.63) is 28.8 Å². The maximum absolute atomic E-state index is 10.6. The third kappa shape index (κ3) is 4.61. The minimum atomic E-state index is 0.118. The smallest absolute Gasteiger partial charge is 0.185 e. The number of halogens is 1. The summed E-state index contributed by atoms with van der Waals surface area (Å²) in [5.41, 5.74) is 6.96. The molecule has 0 aromatic heterocycles. The molecule has 0 aliphatic heterocycles. The van der Waals surface area contributed by atoms with E-state index in [9.17, 15) is 4.79 Å². The Hall–Kier alpha value is -1.11. The van der Waals surface area contributed by atoms with E-state index in [-0.39, 0.29) is 5.12 Å². The second-order valence-electron chi connectivity index (χ2n) is 3.13. The van der Waals surface area contributed by atoms with Crippen LogP contribution in [-0.2, 0) is 4.79 Å². The molecule has 2 nitrogen and oxygen atoms in total. The van der Waals surface area contributed by atoms with E-state index in [2.05, 4.69) is 11.8 Å². The van der Waals surface area contributed by atoms with Gasteiger partial charge in [-0.2, -0.15) is 0 Å². The Morgan fingerprint density at radius 3 is 2.94 bits per heavy atom. The van der Waals surface area contributed by atoms with Crippen molar-refractivity contribution in [2.24, 2.45) is 0 Å². The molecule has 16 heavy (non-hydrogen) atoms. The molecule has 0 atom stereocenters. The van der Waals surface area contributed by atoms with E-state index < -0.39 is 0 Å². The Labute approximate surface area is 105 Å². The largest absolute Gasteiger partial charge is 0.399 e. The topological polar surface area (TPSA) is 43.1 Å². The van der Waals surface area contributed by atoms with Crippen molar-refractivity contribution in [3.63, 3.8) is 0 Å². The van der Waals surface area contributed by atoms with E-state index in [1.807, 2.05) is 0 Å². The van der Waals surface area contributed by atoms with Gasteiger partial charge in [0.1, 0.15) is 0 Å². The number of hydrogen-bond donors (Lipinski definition) is 1. The molecule has 1 aromatic carbocycles. The second-order valence-corrected chi connectivity index (χ2v) is 4.81. The maximum atomic E-state index is 10.6. The first-order valence-electron chi connectivity index (χ1n) is 4.77. The van der Waals surface area contributed by atoms with Gasteiger partial charge in [0.25, 0.3) is 0 Å². The second kappa shape index (κ2) is 6.47. The predicted molar refractivity (Wildman–Crippen MR) is 70.5 cm³/mol. The molecule has 0 amide bonds. The van der Waals surface area contributed by atoms with Crippen molar-refractivity contribution in [1.82, 2.24) is 0 Å². The third-order valence-corrected chi connectivity index (χ3v) is 2.88. The van der Waals surface area contributed by atoms with Gasteiger partial charge in [0.05, 0.1) is 5.02 Å². The third-order valence-electron chi connectivity index (χ3n) is 1.75. The van der Waals surface area contributed by atoms with Crippen LogP contribution in [0.15, 0.2) is 18.2 Å². The predicted octanol–water partition coefficient (Wildman–Crippen LogP) is 2.94. The standard InChI is InChI=1S/C12H12ClNOS/c1-9(15)16-7-3-2-4-10-5-6-11(14)8-12(10)13/h5-6,8H,3,7,14H2,1H3. The number of carbonyl (C=O) groups is 1. The Bertz CT molecular complexity index is 448. The summed E-state index contributed by atoms with van der Waals surface area (Å²) in [5.74, 6) is 6.64. The average molecular weight is 254 g/mol. The highest BCUT2D eigenvalue weighted by atomic mass is 35.5. The number of nitrogens with two attached hydrogens (primary N) is 1. The van der Waals surface area contributed by atoms with E-state index in [0.717, 1.165) is 11.3 Å². The van der Waals surface area contributed by atoms with E-state index in [0.29, 0.717) is 17.1 Å². The summed E-state index contributed by atoms with van der Waals surface area (Å²) in [6, 6.07) is 5.24. The molecule has 0 heterocycles. The van der Waals surface area contributed by atoms with Crippen LogP contribution < -0.4 is 5.73 Å². The van der Waals surface area contributed by atoms with Crippen LogP contribution in [0.2, 0.25) is 5.02 Å². The average Bonchev–Trinajstić information content (AvgIpc) is 2.20. The van der Waals surface area contributed by atoms with Gasteiger partial charge in [-0.05, 0) is 18.2 Å². The monoisotopic (exact) mass is 253 g/mol. The van der Waals surface area contributed by atoms with Crippen molar-refractivity contribution in [2.45, 2.75) is 13.3 Å². The normalized spacial score (nSPS) is 9.38. The fourth-order valence-electron chi connectivity index (χ4n) is 1.04. The number of anilines is 1. The van der Waals surface area contributed by atoms with Crippen LogP contribution in [0.5, 0.6) is 0 Å². The number of rotatable bonds is 2. The fraction of sp³-hybridized carbons (Fsp3) is 0.250. The molecule has 0 saturated heterocycles. The summed E-state index contributed by atoms with van der Waals surface area (Å²) in [7, 11) is 0. The summed E-state index contributed by atoms with van der Waals surface area (Å²) < 4.78 is 0. The van der Waals surface area contributed by atoms with Crippen LogP contribution in [-0.4, -0.2) is 10.9 Å². The highest BCUT2D eigenvalue weighted by Gasteiger charge is 1.96. The molecule has 0 unspecified atom stereocenters. The highest BCUT2D eigenvalue weighted by molar-refractivity contribution is 8.13.